The highest BCUT2D eigenvalue weighted by Gasteiger charge is 2.36. The number of rotatable bonds is 7. The van der Waals surface area contributed by atoms with Crippen LogP contribution in [0, 0.1) is 0 Å². The smallest absolute Gasteiger partial charge is 0.249 e. The van der Waals surface area contributed by atoms with E-state index in [1.807, 2.05) is 42.5 Å². The number of aliphatic hydroxyl groups is 1. The molecule has 5 rings (SSSR count). The topological polar surface area (TPSA) is 105 Å². The Bertz CT molecular complexity index is 1270. The summed E-state index contributed by atoms with van der Waals surface area (Å²) in [6.07, 6.45) is 2.71. The highest BCUT2D eigenvalue weighted by Crippen LogP contribution is 2.37. The Balaban J connectivity index is 1.32. The molecule has 2 atom stereocenters. The summed E-state index contributed by atoms with van der Waals surface area (Å²) < 4.78 is 5.62. The maximum Gasteiger partial charge on any atom is 0.249 e. The first-order valence-corrected chi connectivity index (χ1v) is 11.2. The van der Waals surface area contributed by atoms with E-state index in [1.165, 1.54) is 5.56 Å². The zero-order valence-corrected chi connectivity index (χ0v) is 18.2. The molecule has 1 saturated heterocycles. The van der Waals surface area contributed by atoms with Crippen molar-refractivity contribution in [3.63, 3.8) is 0 Å². The van der Waals surface area contributed by atoms with Gasteiger partial charge in [-0.25, -0.2) is 0 Å². The van der Waals surface area contributed by atoms with Crippen molar-refractivity contribution in [2.75, 3.05) is 11.4 Å². The summed E-state index contributed by atoms with van der Waals surface area (Å²) in [7, 11) is 0. The predicted octanol–water partition coefficient (Wildman–Crippen LogP) is 3.81. The van der Waals surface area contributed by atoms with Crippen LogP contribution in [0.1, 0.15) is 46.5 Å². The number of hydrogen-bond donors (Lipinski definition) is 2. The molecule has 0 unspecified atom stereocenters. The molecule has 0 aliphatic carbocycles. The van der Waals surface area contributed by atoms with Crippen molar-refractivity contribution >= 4 is 22.4 Å². The van der Waals surface area contributed by atoms with E-state index in [-0.39, 0.29) is 6.04 Å². The Labute approximate surface area is 191 Å². The zero-order chi connectivity index (χ0) is 22.8. The Hall–Kier alpha value is -3.71. The number of aryl methyl sites for hydroxylation is 2. The van der Waals surface area contributed by atoms with E-state index >= 15 is 0 Å². The molecule has 1 fully saturated rings. The standard InChI is InChI=1S/C26H26N4O3/c27-25(32)20-10-9-19-14-21(12-11-18(19)13-20)30-16-22(31)15-23(30)26-28-24(29-33-26)8-4-7-17-5-2-1-3-6-17/h1-3,5-6,9-14,22-23,31H,4,7-8,15-16H2,(H2,27,32)/t22-,23+/m1/s1. The molecule has 0 radical (unpaired) electrons. The Morgan fingerprint density at radius 1 is 1.06 bits per heavy atom. The number of nitrogens with zero attached hydrogens (tertiary/aromatic N) is 3. The Morgan fingerprint density at radius 2 is 1.85 bits per heavy atom. The SMILES string of the molecule is NC(=O)c1ccc2cc(N3C[C@H](O)C[C@H]3c3nc(CCCc4ccccc4)no3)ccc2c1. The van der Waals surface area contributed by atoms with E-state index in [1.54, 1.807) is 12.1 Å². The van der Waals surface area contributed by atoms with Crippen LogP contribution in [0.2, 0.25) is 0 Å². The molecule has 3 aromatic carbocycles. The quantitative estimate of drug-likeness (QED) is 0.451. The van der Waals surface area contributed by atoms with Crippen molar-refractivity contribution in [2.45, 2.75) is 37.8 Å². The maximum absolute atomic E-state index is 11.5. The molecule has 33 heavy (non-hydrogen) atoms. The number of hydrogen-bond acceptors (Lipinski definition) is 6. The molecule has 1 amide bonds. The van der Waals surface area contributed by atoms with Crippen LogP contribution in [0.25, 0.3) is 10.8 Å². The average molecular weight is 443 g/mol. The molecule has 2 heterocycles. The first-order valence-electron chi connectivity index (χ1n) is 11.2. The minimum Gasteiger partial charge on any atom is -0.391 e. The van der Waals surface area contributed by atoms with Crippen molar-refractivity contribution < 1.29 is 14.4 Å². The third kappa shape index (κ3) is 4.59. The molecule has 1 aliphatic heterocycles. The van der Waals surface area contributed by atoms with Gasteiger partial charge >= 0.3 is 0 Å². The summed E-state index contributed by atoms with van der Waals surface area (Å²) in [5, 5.41) is 16.5. The second-order valence-electron chi connectivity index (χ2n) is 8.56. The summed E-state index contributed by atoms with van der Waals surface area (Å²) in [6.45, 7) is 0.487. The number of nitrogens with two attached hydrogens (primary N) is 1. The summed E-state index contributed by atoms with van der Waals surface area (Å²) >= 11 is 0. The molecule has 4 aromatic rings. The summed E-state index contributed by atoms with van der Waals surface area (Å²) in [4.78, 5) is 18.2. The van der Waals surface area contributed by atoms with Gasteiger partial charge in [0.1, 0.15) is 6.04 Å². The van der Waals surface area contributed by atoms with E-state index in [9.17, 15) is 9.90 Å². The molecule has 0 bridgehead atoms. The molecule has 1 aliphatic rings. The molecular formula is C26H26N4O3. The van der Waals surface area contributed by atoms with Crippen LogP contribution in [0.15, 0.2) is 71.3 Å². The number of carbonyl (C=O) groups is 1. The molecule has 7 nitrogen and oxygen atoms in total. The van der Waals surface area contributed by atoms with E-state index in [2.05, 4.69) is 27.2 Å². The Morgan fingerprint density at radius 3 is 2.67 bits per heavy atom. The number of benzene rings is 3. The third-order valence-corrected chi connectivity index (χ3v) is 6.20. The molecule has 0 spiro atoms. The van der Waals surface area contributed by atoms with Gasteiger partial charge in [0.2, 0.25) is 11.8 Å². The van der Waals surface area contributed by atoms with Gasteiger partial charge in [-0.1, -0.05) is 47.6 Å². The van der Waals surface area contributed by atoms with E-state index in [4.69, 9.17) is 10.3 Å². The lowest BCUT2D eigenvalue weighted by Crippen LogP contribution is -2.24. The third-order valence-electron chi connectivity index (χ3n) is 6.20. The van der Waals surface area contributed by atoms with Gasteiger partial charge in [0.15, 0.2) is 5.82 Å². The van der Waals surface area contributed by atoms with Gasteiger partial charge in [-0.05, 0) is 53.4 Å². The van der Waals surface area contributed by atoms with Crippen molar-refractivity contribution in [2.24, 2.45) is 5.73 Å². The highest BCUT2D eigenvalue weighted by atomic mass is 16.5. The van der Waals surface area contributed by atoms with Crippen molar-refractivity contribution in [1.82, 2.24) is 10.1 Å². The van der Waals surface area contributed by atoms with Gasteiger partial charge in [-0.2, -0.15) is 4.98 Å². The van der Waals surface area contributed by atoms with Crippen LogP contribution in [-0.2, 0) is 12.8 Å². The largest absolute Gasteiger partial charge is 0.391 e. The second-order valence-corrected chi connectivity index (χ2v) is 8.56. The van der Waals surface area contributed by atoms with Gasteiger partial charge in [0, 0.05) is 30.6 Å². The molecular weight excluding hydrogens is 416 g/mol. The van der Waals surface area contributed by atoms with Gasteiger partial charge in [0.25, 0.3) is 0 Å². The summed E-state index contributed by atoms with van der Waals surface area (Å²) in [5.74, 6) is 0.782. The number of aromatic nitrogens is 2. The number of amides is 1. The van der Waals surface area contributed by atoms with Gasteiger partial charge in [-0.3, -0.25) is 4.79 Å². The normalized spacial score (nSPS) is 18.2. The first kappa shape index (κ1) is 21.2. The first-order chi connectivity index (χ1) is 16.1. The number of anilines is 1. The molecule has 3 N–H and O–H groups in total. The number of aliphatic hydroxyl groups excluding tert-OH is 1. The van der Waals surface area contributed by atoms with Crippen molar-refractivity contribution in [1.29, 1.82) is 0 Å². The number of β-amino-alcohol motifs (C(OH)–C–C–N with tert-alkyl or cyclic N) is 1. The van der Waals surface area contributed by atoms with E-state index < -0.39 is 12.0 Å². The average Bonchev–Trinajstić information content (AvgIpc) is 3.45. The fraction of sp³-hybridized carbons (Fsp3) is 0.269. The molecule has 1 aromatic heterocycles. The lowest BCUT2D eigenvalue weighted by atomic mass is 10.1. The summed E-state index contributed by atoms with van der Waals surface area (Å²) in [6, 6.07) is 21.6. The fourth-order valence-corrected chi connectivity index (χ4v) is 4.50. The lowest BCUT2D eigenvalue weighted by Gasteiger charge is -2.24. The molecule has 7 heteroatoms. The van der Waals surface area contributed by atoms with Crippen LogP contribution in [0.3, 0.4) is 0 Å². The predicted molar refractivity (Wildman–Crippen MR) is 126 cm³/mol. The summed E-state index contributed by atoms with van der Waals surface area (Å²) in [5.41, 5.74) is 8.13. The number of primary amides is 1. The van der Waals surface area contributed by atoms with Gasteiger partial charge in [-0.15, -0.1) is 0 Å². The lowest BCUT2D eigenvalue weighted by molar-refractivity contribution is 0.100. The van der Waals surface area contributed by atoms with Gasteiger partial charge < -0.3 is 20.3 Å². The maximum atomic E-state index is 11.5. The van der Waals surface area contributed by atoms with Crippen LogP contribution in [-0.4, -0.2) is 33.8 Å². The fourth-order valence-electron chi connectivity index (χ4n) is 4.50. The van der Waals surface area contributed by atoms with Crippen LogP contribution in [0.4, 0.5) is 5.69 Å². The van der Waals surface area contributed by atoms with Crippen LogP contribution in [0.5, 0.6) is 0 Å². The zero-order valence-electron chi connectivity index (χ0n) is 18.2. The van der Waals surface area contributed by atoms with Crippen LogP contribution < -0.4 is 10.6 Å². The van der Waals surface area contributed by atoms with E-state index in [0.29, 0.717) is 30.2 Å². The Kier molecular flexibility index (Phi) is 5.79. The minimum absolute atomic E-state index is 0.183. The van der Waals surface area contributed by atoms with E-state index in [0.717, 1.165) is 35.7 Å². The number of carbonyl (C=O) groups excluding carboxylic acids is 1. The van der Waals surface area contributed by atoms with Crippen molar-refractivity contribution in [3.05, 3.63) is 89.6 Å². The van der Waals surface area contributed by atoms with Crippen LogP contribution >= 0.6 is 0 Å². The minimum atomic E-state index is -0.476. The highest BCUT2D eigenvalue weighted by molar-refractivity contribution is 5.98. The molecule has 168 valence electrons. The second kappa shape index (κ2) is 9.03. The number of fused-ring (bicyclic) bond motifs is 1. The van der Waals surface area contributed by atoms with Crippen molar-refractivity contribution in [3.8, 4) is 0 Å². The van der Waals surface area contributed by atoms with Gasteiger partial charge in [0.05, 0.1) is 6.10 Å². The molecule has 0 saturated carbocycles. The monoisotopic (exact) mass is 442 g/mol.